The highest BCUT2D eigenvalue weighted by molar-refractivity contribution is 6.25. The zero-order valence-electron chi connectivity index (χ0n) is 73.1. The van der Waals surface area contributed by atoms with Crippen LogP contribution in [0.25, 0.3) is 22.3 Å². The zero-order chi connectivity index (χ0) is 91.2. The van der Waals surface area contributed by atoms with Gasteiger partial charge in [-0.05, 0) is 199 Å². The highest BCUT2D eigenvalue weighted by Crippen LogP contribution is 2.38. The molecule has 14 rings (SSSR count). The molecular weight excluding hydrogens is 1620 g/mol. The van der Waals surface area contributed by atoms with E-state index in [0.29, 0.717) is 90.0 Å². The molecule has 9 amide bonds. The van der Waals surface area contributed by atoms with E-state index in [-0.39, 0.29) is 128 Å². The fourth-order valence-electron chi connectivity index (χ4n) is 17.5. The lowest BCUT2D eigenvalue weighted by Gasteiger charge is -2.35. The monoisotopic (exact) mass is 1730 g/mol. The first-order valence-electron chi connectivity index (χ1n) is 43.3. The zero-order valence-corrected chi connectivity index (χ0v) is 73.1. The number of piperazine rings is 2. The summed E-state index contributed by atoms with van der Waals surface area (Å²) in [6, 6.07) is 23.4. The van der Waals surface area contributed by atoms with Gasteiger partial charge in [-0.1, -0.05) is 47.6 Å². The number of aromatic nitrogens is 2. The van der Waals surface area contributed by atoms with Gasteiger partial charge in [-0.2, -0.15) is 0 Å². The molecule has 4 fully saturated rings. The Hall–Kier alpha value is -13.3. The third-order valence-electron chi connectivity index (χ3n) is 23.9. The predicted molar refractivity (Wildman–Crippen MR) is 482 cm³/mol. The van der Waals surface area contributed by atoms with E-state index in [2.05, 4.69) is 46.2 Å². The fraction of sp³-hybridized carbons (Fsp3) is 0.396. The summed E-state index contributed by atoms with van der Waals surface area (Å²) in [6.07, 6.45) is 12.6. The second kappa shape index (κ2) is 41.7. The van der Waals surface area contributed by atoms with Crippen LogP contribution in [0.2, 0.25) is 0 Å². The number of aryl methyl sites for hydroxylation is 2. The predicted octanol–water partition coefficient (Wildman–Crippen LogP) is 9.99. The molecule has 6 aromatic rings. The molecule has 4 aromatic carbocycles. The number of rotatable bonds is 31. The number of hydrogen-bond acceptors (Lipinski definition) is 25. The Morgan fingerprint density at radius 2 is 0.937 bits per heavy atom. The summed E-state index contributed by atoms with van der Waals surface area (Å²) in [5.74, 6) is -4.05. The number of carbonyl (C=O) groups excluding carboxylic acids is 13. The lowest BCUT2D eigenvalue weighted by molar-refractivity contribution is -0.137. The molecule has 2 aromatic heterocycles. The number of carbonyl (C=O) groups is 14. The third kappa shape index (κ3) is 22.2. The standard InChI is InChI=1S/C48H54N8O7.C32H42N6O2.C16H14N2O6/c1-28(2)52-38-25-33(24-36(37(38)26-49)40(57)12-10-34-30(4)22-29(3)23-41(34)58)32-8-13-42(51-27-32)55-20-18-54(19-21-55)17-16-50-43(59)14-9-31-6-5-7-35-45(31)48(63)56(47(35)62)39-11-15-44(60)53-46(39)61;1-21(2)36-29-18-25(24-5-8-32(35-20-24)38-13-11-37(10-9-33)12-14-38)17-27(28(29)19-34)30(39)7-6-26-23(4)15-22(3)16-31(26)40;19-11-6-5-10(14(22)17-11)18-15(23)9-3-1-2-8(4-7-12(20)21)13(9)16(18)24/h5-8,13,22,24-28,39,49,52H,9-12,14-21,23H2,1-4H3,(H,50,59)(H,53,60,61);5,8,15,17-21,34,36H,6-7,9-14,16,33H2,1-4H3;1-3,10H,4-7H2,(H,20,21)(H,17,19,22). The van der Waals surface area contributed by atoms with Crippen molar-refractivity contribution in [2.75, 3.05) is 99.0 Å². The van der Waals surface area contributed by atoms with Crippen LogP contribution in [0.1, 0.15) is 217 Å². The Bertz CT molecular complexity index is 5550. The minimum absolute atomic E-state index is 0.0387. The molecule has 0 saturated carbocycles. The number of nitrogens with zero attached hydrogens (tertiary/aromatic N) is 8. The lowest BCUT2D eigenvalue weighted by atomic mass is 9.88. The van der Waals surface area contributed by atoms with Gasteiger partial charge in [-0.3, -0.25) is 97.4 Å². The van der Waals surface area contributed by atoms with E-state index in [0.717, 1.165) is 136 Å². The van der Waals surface area contributed by atoms with Crippen molar-refractivity contribution in [3.8, 4) is 22.3 Å². The Morgan fingerprint density at radius 1 is 0.520 bits per heavy atom. The van der Waals surface area contributed by atoms with Crippen LogP contribution >= 0.6 is 0 Å². The molecule has 31 heteroatoms. The molecular formula is C96H110N16O15. The maximum atomic E-state index is 13.8. The average molecular weight is 1730 g/mol. The van der Waals surface area contributed by atoms with Crippen LogP contribution in [-0.4, -0.2) is 232 Å². The van der Waals surface area contributed by atoms with E-state index >= 15 is 0 Å². The molecule has 0 bridgehead atoms. The summed E-state index contributed by atoms with van der Waals surface area (Å²) >= 11 is 0. The minimum Gasteiger partial charge on any atom is -0.481 e. The minimum atomic E-state index is -1.05. The number of carboxylic acids is 1. The van der Waals surface area contributed by atoms with Crippen LogP contribution in [-0.2, 0) is 51.2 Å². The molecule has 2 unspecified atom stereocenters. The Kier molecular flexibility index (Phi) is 30.5. The normalized spacial score (nSPS) is 18.0. The van der Waals surface area contributed by atoms with Crippen LogP contribution < -0.4 is 42.1 Å². The quantitative estimate of drug-likeness (QED) is 0.0111. The van der Waals surface area contributed by atoms with Crippen LogP contribution in [0.15, 0.2) is 143 Å². The second-order valence-electron chi connectivity index (χ2n) is 33.8. The first-order valence-corrected chi connectivity index (χ1v) is 43.3. The summed E-state index contributed by atoms with van der Waals surface area (Å²) in [5.41, 5.74) is 19.6. The second-order valence-corrected chi connectivity index (χ2v) is 33.8. The molecule has 127 heavy (non-hydrogen) atoms. The Balaban J connectivity index is 0.000000194. The third-order valence-corrected chi connectivity index (χ3v) is 23.9. The number of imide groups is 4. The van der Waals surface area contributed by atoms with Gasteiger partial charge in [0.25, 0.3) is 23.6 Å². The number of aliphatic carboxylic acids is 1. The number of carboxylic acid groups (broad SMARTS) is 1. The summed E-state index contributed by atoms with van der Waals surface area (Å²) in [4.78, 5) is 196. The van der Waals surface area contributed by atoms with Gasteiger partial charge in [0.05, 0.1) is 22.3 Å². The summed E-state index contributed by atoms with van der Waals surface area (Å²) < 4.78 is 0. The van der Waals surface area contributed by atoms with E-state index in [9.17, 15) is 67.1 Å². The van der Waals surface area contributed by atoms with Crippen molar-refractivity contribution in [2.45, 2.75) is 169 Å². The smallest absolute Gasteiger partial charge is 0.303 e. The van der Waals surface area contributed by atoms with Crippen LogP contribution in [0, 0.1) is 10.8 Å². The maximum absolute atomic E-state index is 13.8. The van der Waals surface area contributed by atoms with Gasteiger partial charge in [-0.25, -0.2) is 9.97 Å². The molecule has 664 valence electrons. The molecule has 10 N–H and O–H groups in total. The number of ketones is 4. The number of amides is 9. The largest absolute Gasteiger partial charge is 0.481 e. The van der Waals surface area contributed by atoms with Gasteiger partial charge in [0.1, 0.15) is 23.7 Å². The van der Waals surface area contributed by atoms with E-state index in [4.69, 9.17) is 31.6 Å². The Labute approximate surface area is 737 Å². The lowest BCUT2D eigenvalue weighted by Crippen LogP contribution is -2.54. The van der Waals surface area contributed by atoms with Gasteiger partial charge in [0, 0.05) is 212 Å². The number of benzene rings is 4. The van der Waals surface area contributed by atoms with Crippen molar-refractivity contribution >= 4 is 118 Å². The van der Waals surface area contributed by atoms with Gasteiger partial charge >= 0.3 is 5.97 Å². The van der Waals surface area contributed by atoms with E-state index < -0.39 is 65.3 Å². The first-order chi connectivity index (χ1) is 60.8. The molecule has 6 aliphatic heterocycles. The summed E-state index contributed by atoms with van der Waals surface area (Å²) in [5, 5.41) is 39.3. The topological polar surface area (TPSA) is 438 Å². The van der Waals surface area contributed by atoms with Gasteiger partial charge in [0.15, 0.2) is 23.1 Å². The molecule has 2 atom stereocenters. The molecule has 0 spiro atoms. The van der Waals surface area contributed by atoms with Crippen molar-refractivity contribution < 1.29 is 72.2 Å². The van der Waals surface area contributed by atoms with Crippen molar-refractivity contribution in [2.24, 2.45) is 5.73 Å². The van der Waals surface area contributed by atoms with Crippen molar-refractivity contribution in [1.29, 1.82) is 10.8 Å². The number of fused-ring (bicyclic) bond motifs is 2. The van der Waals surface area contributed by atoms with Crippen molar-refractivity contribution in [3.05, 3.63) is 199 Å². The number of nitrogens with one attached hydrogen (secondary N) is 7. The van der Waals surface area contributed by atoms with E-state index in [1.165, 1.54) is 18.5 Å². The molecule has 8 aliphatic rings. The first kappa shape index (κ1) is 92.9. The molecule has 31 nitrogen and oxygen atoms in total. The van der Waals surface area contributed by atoms with Crippen LogP contribution in [0.3, 0.4) is 0 Å². The molecule has 2 aliphatic carbocycles. The molecule has 8 heterocycles. The van der Waals surface area contributed by atoms with Crippen molar-refractivity contribution in [3.63, 3.8) is 0 Å². The number of nitrogens with two attached hydrogens (primary N) is 1. The highest BCUT2D eigenvalue weighted by atomic mass is 16.4. The number of piperidine rings is 2. The number of pyridine rings is 2. The van der Waals surface area contributed by atoms with Crippen LogP contribution in [0.5, 0.6) is 0 Å². The van der Waals surface area contributed by atoms with E-state index in [1.54, 1.807) is 36.5 Å². The summed E-state index contributed by atoms with van der Waals surface area (Å²) in [7, 11) is 0. The SMILES string of the molecule is CC1=CC(C)=C(CCC(=O)c2cc(-c3ccc(N4CCN(CCN)CC4)nc3)cc(NC(C)C)c2C=N)C(=O)C1.CC1=CC(C)=C(CCC(=O)c2cc(-c3ccc(N4CCN(CCNC(=O)CCc5cccc6c5C(=O)N(C5CCC(=O)NC5=O)C6=O)CC4)nc3)cc(NC(C)C)c2C=N)C(=O)C1.O=C(O)CCc1cccc2c1C(=O)N(C1CCC(=O)NC1=O)C2=O. The Morgan fingerprint density at radius 3 is 1.31 bits per heavy atom. The molecule has 4 saturated heterocycles. The van der Waals surface area contributed by atoms with Crippen molar-refractivity contribution in [1.82, 2.24) is 45.5 Å². The van der Waals surface area contributed by atoms with E-state index in [1.807, 2.05) is 122 Å². The number of hydrogen-bond donors (Lipinski definition) is 9. The summed E-state index contributed by atoms with van der Waals surface area (Å²) in [6.45, 7) is 25.3. The highest BCUT2D eigenvalue weighted by Gasteiger charge is 2.47. The van der Waals surface area contributed by atoms with Gasteiger partial charge < -0.3 is 47.4 Å². The van der Waals surface area contributed by atoms with Gasteiger partial charge in [-0.15, -0.1) is 0 Å². The fourth-order valence-corrected chi connectivity index (χ4v) is 17.5. The van der Waals surface area contributed by atoms with Gasteiger partial charge in [0.2, 0.25) is 29.5 Å². The van der Waals surface area contributed by atoms with Crippen LogP contribution in [0.4, 0.5) is 23.0 Å². The number of allylic oxidation sites excluding steroid dienone is 8. The number of anilines is 4. The number of Topliss-reactive ketones (excluding diaryl/α,β-unsaturated/α-hetero) is 4. The average Bonchev–Trinajstić information content (AvgIpc) is 1.61. The maximum Gasteiger partial charge on any atom is 0.303 e. The molecule has 0 radical (unpaired) electrons.